The van der Waals surface area contributed by atoms with E-state index in [-0.39, 0.29) is 17.7 Å². The van der Waals surface area contributed by atoms with Crippen LogP contribution in [0, 0.1) is 5.92 Å². The van der Waals surface area contributed by atoms with Crippen LogP contribution in [0.5, 0.6) is 0 Å². The van der Waals surface area contributed by atoms with Crippen molar-refractivity contribution in [1.82, 2.24) is 15.1 Å². The summed E-state index contributed by atoms with van der Waals surface area (Å²) in [6.45, 7) is 1.50. The smallest absolute Gasteiger partial charge is 0.229 e. The topological polar surface area (TPSA) is 59.0 Å². The van der Waals surface area contributed by atoms with Crippen molar-refractivity contribution in [3.63, 3.8) is 0 Å². The van der Waals surface area contributed by atoms with Crippen LogP contribution in [0.3, 0.4) is 0 Å². The predicted molar refractivity (Wildman–Crippen MR) is 94.9 cm³/mol. The number of carbonyl (C=O) groups is 1. The van der Waals surface area contributed by atoms with Gasteiger partial charge in [0, 0.05) is 43.3 Å². The molecule has 1 fully saturated rings. The van der Waals surface area contributed by atoms with Crippen molar-refractivity contribution in [2.75, 3.05) is 18.4 Å². The van der Waals surface area contributed by atoms with E-state index >= 15 is 0 Å². The Morgan fingerprint density at radius 3 is 2.88 bits per heavy atom. The van der Waals surface area contributed by atoms with Gasteiger partial charge in [0.15, 0.2) is 0 Å². The molecule has 0 spiro atoms. The quantitative estimate of drug-likeness (QED) is 0.779. The average Bonchev–Trinajstić information content (AvgIpc) is 3.24. The number of nitrogens with one attached hydrogen (secondary N) is 2. The first-order chi connectivity index (χ1) is 11.7. The summed E-state index contributed by atoms with van der Waals surface area (Å²) >= 11 is 0. The summed E-state index contributed by atoms with van der Waals surface area (Å²) in [5, 5.41) is 12.9. The fraction of sp³-hybridized carbons (Fsp3) is 0.263. The Labute approximate surface area is 140 Å². The Hall–Kier alpha value is -2.66. The highest BCUT2D eigenvalue weighted by Gasteiger charge is 2.34. The van der Waals surface area contributed by atoms with E-state index in [1.807, 2.05) is 49.8 Å². The molecule has 1 aliphatic heterocycles. The first-order valence-electron chi connectivity index (χ1n) is 8.20. The third-order valence-corrected chi connectivity index (χ3v) is 4.75. The molecule has 5 nitrogen and oxygen atoms in total. The minimum absolute atomic E-state index is 0.0604. The zero-order chi connectivity index (χ0) is 16.5. The van der Waals surface area contributed by atoms with Gasteiger partial charge >= 0.3 is 0 Å². The van der Waals surface area contributed by atoms with Crippen LogP contribution < -0.4 is 10.6 Å². The molecule has 4 rings (SSSR count). The van der Waals surface area contributed by atoms with E-state index in [9.17, 15) is 4.79 Å². The van der Waals surface area contributed by atoms with Gasteiger partial charge in [0.25, 0.3) is 0 Å². The molecule has 0 saturated carbocycles. The standard InChI is InChI=1S/C19H20N4O/c1-23-12-14(9-21-23)16-10-20-11-17(16)19(24)22-18-8-4-6-13-5-2-3-7-15(13)18/h2-9,12,16-17,20H,10-11H2,1H3,(H,22,24)/t16-,17+/m1/s1. The molecule has 0 radical (unpaired) electrons. The molecule has 1 amide bonds. The van der Waals surface area contributed by atoms with Gasteiger partial charge in [-0.1, -0.05) is 36.4 Å². The van der Waals surface area contributed by atoms with Gasteiger partial charge in [-0.25, -0.2) is 0 Å². The third kappa shape index (κ3) is 2.67. The molecular formula is C19H20N4O. The highest BCUT2D eigenvalue weighted by atomic mass is 16.2. The molecule has 2 atom stereocenters. The number of nitrogens with zero attached hydrogens (tertiary/aromatic N) is 2. The molecule has 1 saturated heterocycles. The van der Waals surface area contributed by atoms with Gasteiger partial charge in [-0.2, -0.15) is 5.10 Å². The molecule has 0 aliphatic carbocycles. The molecule has 24 heavy (non-hydrogen) atoms. The third-order valence-electron chi connectivity index (χ3n) is 4.75. The summed E-state index contributed by atoms with van der Waals surface area (Å²) in [5.41, 5.74) is 1.98. The molecule has 1 aromatic heterocycles. The maximum absolute atomic E-state index is 12.9. The molecular weight excluding hydrogens is 300 g/mol. The number of anilines is 1. The highest BCUT2D eigenvalue weighted by molar-refractivity contribution is 6.03. The lowest BCUT2D eigenvalue weighted by Gasteiger charge is -2.18. The first kappa shape index (κ1) is 14.9. The van der Waals surface area contributed by atoms with Crippen LogP contribution in [0.4, 0.5) is 5.69 Å². The summed E-state index contributed by atoms with van der Waals surface area (Å²) in [5.74, 6) is 0.132. The minimum Gasteiger partial charge on any atom is -0.325 e. The van der Waals surface area contributed by atoms with Crippen LogP contribution >= 0.6 is 0 Å². The Kier molecular flexibility index (Phi) is 3.78. The van der Waals surface area contributed by atoms with Gasteiger partial charge in [-0.15, -0.1) is 0 Å². The van der Waals surface area contributed by atoms with E-state index in [4.69, 9.17) is 0 Å². The molecule has 1 aliphatic rings. The van der Waals surface area contributed by atoms with Crippen LogP contribution in [0.25, 0.3) is 10.8 Å². The van der Waals surface area contributed by atoms with Crippen molar-refractivity contribution in [3.05, 3.63) is 60.4 Å². The summed E-state index contributed by atoms with van der Waals surface area (Å²) in [6, 6.07) is 14.1. The van der Waals surface area contributed by atoms with Crippen LogP contribution in [0.1, 0.15) is 11.5 Å². The largest absolute Gasteiger partial charge is 0.325 e. The lowest BCUT2D eigenvalue weighted by molar-refractivity contribution is -0.119. The van der Waals surface area contributed by atoms with E-state index in [1.54, 1.807) is 4.68 Å². The van der Waals surface area contributed by atoms with E-state index in [0.717, 1.165) is 28.6 Å². The summed E-state index contributed by atoms with van der Waals surface area (Å²) in [4.78, 5) is 12.9. The number of hydrogen-bond donors (Lipinski definition) is 2. The van der Waals surface area contributed by atoms with Gasteiger partial charge in [0.1, 0.15) is 0 Å². The molecule has 0 bridgehead atoms. The van der Waals surface area contributed by atoms with Crippen LogP contribution in [0.2, 0.25) is 0 Å². The number of carbonyl (C=O) groups excluding carboxylic acids is 1. The van der Waals surface area contributed by atoms with Crippen LogP contribution in [-0.2, 0) is 11.8 Å². The predicted octanol–water partition coefficient (Wildman–Crippen LogP) is 2.52. The van der Waals surface area contributed by atoms with Crippen molar-refractivity contribution in [3.8, 4) is 0 Å². The van der Waals surface area contributed by atoms with E-state index in [1.165, 1.54) is 0 Å². The van der Waals surface area contributed by atoms with Gasteiger partial charge in [-0.05, 0) is 17.0 Å². The van der Waals surface area contributed by atoms with E-state index in [0.29, 0.717) is 6.54 Å². The second-order valence-corrected chi connectivity index (χ2v) is 6.33. The zero-order valence-corrected chi connectivity index (χ0v) is 13.6. The second-order valence-electron chi connectivity index (χ2n) is 6.33. The molecule has 5 heteroatoms. The Bertz CT molecular complexity index is 880. The molecule has 122 valence electrons. The summed E-state index contributed by atoms with van der Waals surface area (Å²) in [6.07, 6.45) is 3.85. The fourth-order valence-corrected chi connectivity index (χ4v) is 3.50. The van der Waals surface area contributed by atoms with Crippen LogP contribution in [0.15, 0.2) is 54.9 Å². The highest BCUT2D eigenvalue weighted by Crippen LogP contribution is 2.30. The lowest BCUT2D eigenvalue weighted by atomic mass is 9.90. The number of aryl methyl sites for hydroxylation is 1. The SMILES string of the molecule is Cn1cc([C@H]2CNC[C@@H]2C(=O)Nc2cccc3ccccc23)cn1. The normalized spacial score (nSPS) is 20.4. The van der Waals surface area contributed by atoms with Crippen molar-refractivity contribution >= 4 is 22.4 Å². The molecule has 2 aromatic carbocycles. The number of amides is 1. The van der Waals surface area contributed by atoms with Crippen molar-refractivity contribution < 1.29 is 4.79 Å². The van der Waals surface area contributed by atoms with Crippen molar-refractivity contribution in [1.29, 1.82) is 0 Å². The zero-order valence-electron chi connectivity index (χ0n) is 13.6. The van der Waals surface area contributed by atoms with Crippen LogP contribution in [-0.4, -0.2) is 28.8 Å². The summed E-state index contributed by atoms with van der Waals surface area (Å²) < 4.78 is 1.79. The van der Waals surface area contributed by atoms with E-state index < -0.39 is 0 Å². The monoisotopic (exact) mass is 320 g/mol. The van der Waals surface area contributed by atoms with Crippen molar-refractivity contribution in [2.24, 2.45) is 13.0 Å². The Morgan fingerprint density at radius 1 is 1.21 bits per heavy atom. The maximum Gasteiger partial charge on any atom is 0.229 e. The van der Waals surface area contributed by atoms with Gasteiger partial charge in [0.05, 0.1) is 12.1 Å². The average molecular weight is 320 g/mol. The number of hydrogen-bond acceptors (Lipinski definition) is 3. The molecule has 3 aromatic rings. The van der Waals surface area contributed by atoms with Crippen molar-refractivity contribution in [2.45, 2.75) is 5.92 Å². The maximum atomic E-state index is 12.9. The number of rotatable bonds is 3. The molecule has 0 unspecified atom stereocenters. The van der Waals surface area contributed by atoms with Gasteiger partial charge in [-0.3, -0.25) is 9.48 Å². The molecule has 2 heterocycles. The second kappa shape index (κ2) is 6.09. The number of benzene rings is 2. The Morgan fingerprint density at radius 2 is 2.04 bits per heavy atom. The minimum atomic E-state index is -0.0897. The lowest BCUT2D eigenvalue weighted by Crippen LogP contribution is -2.28. The van der Waals surface area contributed by atoms with Gasteiger partial charge < -0.3 is 10.6 Å². The first-order valence-corrected chi connectivity index (χ1v) is 8.20. The van der Waals surface area contributed by atoms with E-state index in [2.05, 4.69) is 27.9 Å². The number of fused-ring (bicyclic) bond motifs is 1. The number of aromatic nitrogens is 2. The Balaban J connectivity index is 1.59. The van der Waals surface area contributed by atoms with Gasteiger partial charge in [0.2, 0.25) is 5.91 Å². The fourth-order valence-electron chi connectivity index (χ4n) is 3.50. The molecule has 2 N–H and O–H groups in total. The summed E-state index contributed by atoms with van der Waals surface area (Å²) in [7, 11) is 1.90.